The van der Waals surface area contributed by atoms with Crippen LogP contribution in [0, 0.1) is 17.8 Å². The fourth-order valence-corrected chi connectivity index (χ4v) is 5.07. The fraction of sp³-hybridized carbons (Fsp3) is 0.812. The Morgan fingerprint density at radius 2 is 1.28 bits per heavy atom. The molecule has 0 radical (unpaired) electrons. The Balaban J connectivity index is 1.82. The topological polar surface area (TPSA) is 46.5 Å². The van der Waals surface area contributed by atoms with Gasteiger partial charge < -0.3 is 9.84 Å². The van der Waals surface area contributed by atoms with E-state index in [9.17, 15) is 36.2 Å². The molecule has 3 nitrogen and oxygen atoms in total. The lowest BCUT2D eigenvalue weighted by Gasteiger charge is -2.55. The predicted molar refractivity (Wildman–Crippen MR) is 73.2 cm³/mol. The van der Waals surface area contributed by atoms with E-state index in [1.807, 2.05) is 0 Å². The zero-order chi connectivity index (χ0) is 18.8. The van der Waals surface area contributed by atoms with Crippen molar-refractivity contribution in [3.8, 4) is 0 Å². The van der Waals surface area contributed by atoms with Crippen molar-refractivity contribution in [2.75, 3.05) is 0 Å². The van der Waals surface area contributed by atoms with Gasteiger partial charge in [0, 0.05) is 0 Å². The number of rotatable bonds is 3. The molecule has 0 atom stereocenters. The highest BCUT2D eigenvalue weighted by Gasteiger charge is 2.73. The molecule has 9 heteroatoms. The molecule has 0 saturated heterocycles. The molecule has 1 N–H and O–H groups in total. The molecule has 4 aliphatic carbocycles. The van der Waals surface area contributed by atoms with Crippen molar-refractivity contribution in [2.24, 2.45) is 17.8 Å². The van der Waals surface area contributed by atoms with Crippen molar-refractivity contribution < 1.29 is 41.0 Å². The van der Waals surface area contributed by atoms with Crippen LogP contribution >= 0.6 is 0 Å². The first-order valence-electron chi connectivity index (χ1n) is 8.06. The normalized spacial score (nSPS) is 34.9. The number of carbonyl (C=O) groups is 1. The van der Waals surface area contributed by atoms with Crippen LogP contribution in [0.5, 0.6) is 0 Å². The number of carbonyl (C=O) groups excluding carboxylic acids is 1. The summed E-state index contributed by atoms with van der Waals surface area (Å²) in [6, 6.07) is 0. The van der Waals surface area contributed by atoms with E-state index in [4.69, 9.17) is 4.74 Å². The van der Waals surface area contributed by atoms with E-state index in [0.29, 0.717) is 19.3 Å². The number of hydrogen-bond donors (Lipinski definition) is 1. The standard InChI is InChI=1S/C16H18F6O3/c1-8(14(24,15(17,18)19)16(20,21)22)12(23)25-13-5-9-2-10(6-13)4-11(3-9)7-13/h9-11,24H,1-7H2. The van der Waals surface area contributed by atoms with Crippen LogP contribution in [0.1, 0.15) is 38.5 Å². The molecule has 4 bridgehead atoms. The Morgan fingerprint density at radius 3 is 1.60 bits per heavy atom. The first-order chi connectivity index (χ1) is 11.3. The minimum Gasteiger partial charge on any atom is -0.456 e. The molecule has 0 unspecified atom stereocenters. The summed E-state index contributed by atoms with van der Waals surface area (Å²) in [6.07, 6.45) is -8.10. The molecular formula is C16H18F6O3. The van der Waals surface area contributed by atoms with Crippen molar-refractivity contribution in [1.82, 2.24) is 0 Å². The summed E-state index contributed by atoms with van der Waals surface area (Å²) in [7, 11) is 0. The lowest BCUT2D eigenvalue weighted by molar-refractivity contribution is -0.352. The maximum atomic E-state index is 12.9. The molecule has 4 rings (SSSR count). The van der Waals surface area contributed by atoms with Crippen LogP contribution in [-0.4, -0.2) is 34.6 Å². The summed E-state index contributed by atoms with van der Waals surface area (Å²) in [4.78, 5) is 12.1. The third-order valence-corrected chi connectivity index (χ3v) is 5.79. The van der Waals surface area contributed by atoms with E-state index in [1.54, 1.807) is 0 Å². The van der Waals surface area contributed by atoms with Crippen LogP contribution < -0.4 is 0 Å². The Labute approximate surface area is 140 Å². The van der Waals surface area contributed by atoms with Crippen LogP contribution in [-0.2, 0) is 9.53 Å². The largest absolute Gasteiger partial charge is 0.456 e. The van der Waals surface area contributed by atoms with Gasteiger partial charge in [0.2, 0.25) is 0 Å². The van der Waals surface area contributed by atoms with Gasteiger partial charge in [0.25, 0.3) is 5.60 Å². The van der Waals surface area contributed by atoms with Crippen molar-refractivity contribution in [3.05, 3.63) is 12.2 Å². The van der Waals surface area contributed by atoms with Crippen LogP contribution in [0.15, 0.2) is 12.2 Å². The highest BCUT2D eigenvalue weighted by molar-refractivity contribution is 5.91. The molecule has 0 spiro atoms. The fourth-order valence-electron chi connectivity index (χ4n) is 5.07. The lowest BCUT2D eigenvalue weighted by atomic mass is 9.54. The number of alkyl halides is 6. The number of esters is 1. The predicted octanol–water partition coefficient (Wildman–Crippen LogP) is 3.91. The van der Waals surface area contributed by atoms with E-state index < -0.39 is 35.1 Å². The highest BCUT2D eigenvalue weighted by atomic mass is 19.4. The quantitative estimate of drug-likeness (QED) is 0.464. The molecule has 4 fully saturated rings. The van der Waals surface area contributed by atoms with E-state index in [2.05, 4.69) is 6.58 Å². The molecule has 0 aliphatic heterocycles. The second kappa shape index (κ2) is 5.37. The average molecular weight is 372 g/mol. The summed E-state index contributed by atoms with van der Waals surface area (Å²) in [5.74, 6) is -1.01. The van der Waals surface area contributed by atoms with Crippen LogP contribution in [0.3, 0.4) is 0 Å². The molecule has 0 aromatic heterocycles. The summed E-state index contributed by atoms with van der Waals surface area (Å²) in [5, 5.41) is 9.29. The third kappa shape index (κ3) is 2.84. The van der Waals surface area contributed by atoms with Gasteiger partial charge in [-0.3, -0.25) is 0 Å². The zero-order valence-corrected chi connectivity index (χ0v) is 13.2. The minimum atomic E-state index is -6.14. The van der Waals surface area contributed by atoms with Crippen LogP contribution in [0.25, 0.3) is 0 Å². The molecule has 0 aromatic rings. The molecule has 0 aromatic carbocycles. The Bertz CT molecular complexity index is 542. The summed E-state index contributed by atoms with van der Waals surface area (Å²) >= 11 is 0. The maximum Gasteiger partial charge on any atom is 0.430 e. The van der Waals surface area contributed by atoms with Gasteiger partial charge in [0.15, 0.2) is 0 Å². The molecule has 0 heterocycles. The van der Waals surface area contributed by atoms with Crippen molar-refractivity contribution in [3.63, 3.8) is 0 Å². The van der Waals surface area contributed by atoms with Crippen LogP contribution in [0.2, 0.25) is 0 Å². The van der Waals surface area contributed by atoms with Gasteiger partial charge >= 0.3 is 18.3 Å². The van der Waals surface area contributed by atoms with Gasteiger partial charge in [-0.15, -0.1) is 0 Å². The van der Waals surface area contributed by atoms with Gasteiger partial charge in [-0.05, 0) is 56.3 Å². The average Bonchev–Trinajstić information content (AvgIpc) is 2.40. The number of halogens is 6. The lowest BCUT2D eigenvalue weighted by Crippen LogP contribution is -2.60. The smallest absolute Gasteiger partial charge is 0.430 e. The zero-order valence-electron chi connectivity index (χ0n) is 13.2. The summed E-state index contributed by atoms with van der Waals surface area (Å²) in [5.41, 5.74) is -8.39. The van der Waals surface area contributed by atoms with Crippen molar-refractivity contribution >= 4 is 5.97 Å². The monoisotopic (exact) mass is 372 g/mol. The Morgan fingerprint density at radius 1 is 0.920 bits per heavy atom. The Hall–Kier alpha value is -1.25. The van der Waals surface area contributed by atoms with Crippen molar-refractivity contribution in [1.29, 1.82) is 0 Å². The van der Waals surface area contributed by atoms with E-state index in [0.717, 1.165) is 19.3 Å². The molecule has 0 amide bonds. The number of ether oxygens (including phenoxy) is 1. The first kappa shape index (κ1) is 18.5. The second-order valence-electron chi connectivity index (χ2n) is 7.67. The summed E-state index contributed by atoms with van der Waals surface area (Å²) < 4.78 is 82.4. The second-order valence-corrected chi connectivity index (χ2v) is 7.67. The van der Waals surface area contributed by atoms with E-state index >= 15 is 0 Å². The maximum absolute atomic E-state index is 12.9. The van der Waals surface area contributed by atoms with Gasteiger partial charge in [0.1, 0.15) is 5.60 Å². The minimum absolute atomic E-state index is 0.274. The summed E-state index contributed by atoms with van der Waals surface area (Å²) in [6.45, 7) is 2.59. The van der Waals surface area contributed by atoms with E-state index in [1.165, 1.54) is 0 Å². The van der Waals surface area contributed by atoms with Gasteiger partial charge in [-0.1, -0.05) is 6.58 Å². The number of hydrogen-bond acceptors (Lipinski definition) is 3. The van der Waals surface area contributed by atoms with Crippen molar-refractivity contribution in [2.45, 2.75) is 62.1 Å². The van der Waals surface area contributed by atoms with Gasteiger partial charge in [-0.2, -0.15) is 26.3 Å². The Kier molecular flexibility index (Phi) is 3.99. The molecule has 4 aliphatic rings. The molecule has 4 saturated carbocycles. The molecule has 25 heavy (non-hydrogen) atoms. The SMILES string of the molecule is C=C(C(=O)OC12CC3CC(CC(C3)C1)C2)C(O)(C(F)(F)F)C(F)(F)F. The molecule has 142 valence electrons. The molecular weight excluding hydrogens is 354 g/mol. The van der Waals surface area contributed by atoms with Gasteiger partial charge in [0.05, 0.1) is 5.57 Å². The first-order valence-corrected chi connectivity index (χ1v) is 8.06. The van der Waals surface area contributed by atoms with Crippen LogP contribution in [0.4, 0.5) is 26.3 Å². The van der Waals surface area contributed by atoms with Gasteiger partial charge in [-0.25, -0.2) is 4.79 Å². The third-order valence-electron chi connectivity index (χ3n) is 5.79. The highest BCUT2D eigenvalue weighted by Crippen LogP contribution is 2.57. The van der Waals surface area contributed by atoms with E-state index in [-0.39, 0.29) is 17.8 Å². The number of aliphatic hydroxyl groups is 1.